The average molecular weight is 351 g/mol. The summed E-state index contributed by atoms with van der Waals surface area (Å²) >= 11 is 0. The molecule has 1 aliphatic carbocycles. The van der Waals surface area contributed by atoms with Crippen LogP contribution in [0.5, 0.6) is 0 Å². The van der Waals surface area contributed by atoms with Crippen molar-refractivity contribution in [1.29, 1.82) is 0 Å². The molecule has 0 saturated carbocycles. The van der Waals surface area contributed by atoms with Crippen LogP contribution in [-0.2, 0) is 15.5 Å². The maximum absolute atomic E-state index is 13.0. The van der Waals surface area contributed by atoms with E-state index in [1.165, 1.54) is 6.07 Å². The van der Waals surface area contributed by atoms with Crippen molar-refractivity contribution in [3.63, 3.8) is 0 Å². The van der Waals surface area contributed by atoms with Crippen molar-refractivity contribution in [1.82, 2.24) is 4.98 Å². The summed E-state index contributed by atoms with van der Waals surface area (Å²) in [6, 6.07) is 3.98. The Bertz CT molecular complexity index is 722. The van der Waals surface area contributed by atoms with Crippen LogP contribution in [0.1, 0.15) is 51.9 Å². The number of alkyl halides is 3. The normalized spacial score (nSPS) is 22.6. The number of rotatable bonds is 2. The molecule has 2 heterocycles. The van der Waals surface area contributed by atoms with Crippen LogP contribution in [-0.4, -0.2) is 23.3 Å². The summed E-state index contributed by atoms with van der Waals surface area (Å²) in [7, 11) is -0.618. The van der Waals surface area contributed by atoms with Gasteiger partial charge in [0.2, 0.25) is 0 Å². The van der Waals surface area contributed by atoms with Crippen LogP contribution in [0, 0.1) is 0 Å². The van der Waals surface area contributed by atoms with Crippen molar-refractivity contribution in [2.45, 2.75) is 57.9 Å². The van der Waals surface area contributed by atoms with E-state index in [9.17, 15) is 13.2 Å². The van der Waals surface area contributed by atoms with Gasteiger partial charge in [-0.3, -0.25) is 0 Å². The van der Waals surface area contributed by atoms with Crippen LogP contribution in [0.4, 0.5) is 13.2 Å². The van der Waals surface area contributed by atoms with Gasteiger partial charge in [-0.2, -0.15) is 13.2 Å². The van der Waals surface area contributed by atoms with Gasteiger partial charge >= 0.3 is 13.3 Å². The molecule has 1 saturated heterocycles. The summed E-state index contributed by atoms with van der Waals surface area (Å²) in [6.07, 6.45) is 0.743. The molecule has 3 nitrogen and oxygen atoms in total. The third-order valence-electron chi connectivity index (χ3n) is 5.06. The van der Waals surface area contributed by atoms with Gasteiger partial charge in [-0.05, 0) is 63.7 Å². The summed E-state index contributed by atoms with van der Waals surface area (Å²) in [5, 5.41) is 0. The topological polar surface area (TPSA) is 31.4 Å². The highest BCUT2D eigenvalue weighted by Gasteiger charge is 2.52. The van der Waals surface area contributed by atoms with Crippen molar-refractivity contribution < 1.29 is 22.5 Å². The first-order valence-corrected chi connectivity index (χ1v) is 8.31. The first-order valence-electron chi connectivity index (χ1n) is 8.31. The molecule has 25 heavy (non-hydrogen) atoms. The summed E-state index contributed by atoms with van der Waals surface area (Å²) in [5.74, 6) is 0. The fourth-order valence-electron chi connectivity index (χ4n) is 2.91. The number of hydrogen-bond acceptors (Lipinski definition) is 3. The Morgan fingerprint density at radius 3 is 2.32 bits per heavy atom. The third-order valence-corrected chi connectivity index (χ3v) is 5.06. The van der Waals surface area contributed by atoms with Crippen molar-refractivity contribution in [2.75, 3.05) is 0 Å². The fraction of sp³-hybridized carbons (Fsp3) is 0.500. The molecule has 0 spiro atoms. The van der Waals surface area contributed by atoms with E-state index in [1.54, 1.807) is 6.07 Å². The molecule has 1 aliphatic heterocycles. The molecule has 0 N–H and O–H groups in total. The molecule has 134 valence electrons. The number of pyridine rings is 1. The van der Waals surface area contributed by atoms with Crippen LogP contribution in [0.15, 0.2) is 35.8 Å². The largest absolute Gasteiger partial charge is 0.495 e. The third kappa shape index (κ3) is 3.40. The molecule has 0 unspecified atom stereocenters. The van der Waals surface area contributed by atoms with E-state index in [0.717, 1.165) is 23.5 Å². The van der Waals surface area contributed by atoms with Gasteiger partial charge < -0.3 is 9.31 Å². The quantitative estimate of drug-likeness (QED) is 0.715. The first-order chi connectivity index (χ1) is 11.5. The lowest BCUT2D eigenvalue weighted by molar-refractivity contribution is -0.141. The summed E-state index contributed by atoms with van der Waals surface area (Å²) in [4.78, 5) is 3.83. The van der Waals surface area contributed by atoms with E-state index in [2.05, 4.69) is 4.98 Å². The molecule has 0 amide bonds. The van der Waals surface area contributed by atoms with Crippen LogP contribution >= 0.6 is 0 Å². The second-order valence-corrected chi connectivity index (χ2v) is 7.37. The molecule has 1 aromatic heterocycles. The molecule has 3 rings (SSSR count). The smallest absolute Gasteiger partial charge is 0.399 e. The molecule has 0 atom stereocenters. The lowest BCUT2D eigenvalue weighted by atomic mass is 9.71. The number of allylic oxidation sites excluding steroid dienone is 4. The SMILES string of the molecule is CC1(C)OB(C2=C(c3cccc(C(F)(F)F)n3)CCC=C2)OC1(C)C. The fourth-order valence-corrected chi connectivity index (χ4v) is 2.91. The van der Waals surface area contributed by atoms with E-state index in [1.807, 2.05) is 39.8 Å². The molecule has 1 fully saturated rings. The molecule has 2 aliphatic rings. The summed E-state index contributed by atoms with van der Waals surface area (Å²) in [5.41, 5.74) is -0.0991. The highest BCUT2D eigenvalue weighted by molar-refractivity contribution is 6.57. The highest BCUT2D eigenvalue weighted by Crippen LogP contribution is 2.41. The molecule has 0 aromatic carbocycles. The number of halogens is 3. The highest BCUT2D eigenvalue weighted by atomic mass is 19.4. The lowest BCUT2D eigenvalue weighted by Gasteiger charge is -2.32. The Morgan fingerprint density at radius 1 is 1.08 bits per heavy atom. The van der Waals surface area contributed by atoms with E-state index in [-0.39, 0.29) is 0 Å². The van der Waals surface area contributed by atoms with Crippen molar-refractivity contribution >= 4 is 12.7 Å². The van der Waals surface area contributed by atoms with Gasteiger partial charge in [-0.1, -0.05) is 18.2 Å². The van der Waals surface area contributed by atoms with Gasteiger partial charge in [-0.25, -0.2) is 4.98 Å². The standard InChI is InChI=1S/C18H21BF3NO2/c1-16(2)17(3,4)25-19(24-16)13-9-6-5-8-12(13)14-10-7-11-15(23-14)18(20,21)22/h6-7,9-11H,5,8H2,1-4H3. The van der Waals surface area contributed by atoms with E-state index in [0.29, 0.717) is 12.1 Å². The summed E-state index contributed by atoms with van der Waals surface area (Å²) in [6.45, 7) is 7.79. The van der Waals surface area contributed by atoms with Crippen LogP contribution < -0.4 is 0 Å². The zero-order valence-corrected chi connectivity index (χ0v) is 14.8. The predicted molar refractivity (Wildman–Crippen MR) is 90.6 cm³/mol. The molecule has 0 radical (unpaired) electrons. The Morgan fingerprint density at radius 2 is 1.72 bits per heavy atom. The van der Waals surface area contributed by atoms with Gasteiger partial charge in [0, 0.05) is 0 Å². The minimum atomic E-state index is -4.47. The maximum Gasteiger partial charge on any atom is 0.495 e. The minimum absolute atomic E-state index is 0.323. The van der Waals surface area contributed by atoms with Crippen molar-refractivity contribution in [3.8, 4) is 0 Å². The van der Waals surface area contributed by atoms with Gasteiger partial charge in [0.15, 0.2) is 0 Å². The second kappa shape index (κ2) is 5.99. The molecular formula is C18H21BF3NO2. The Hall–Kier alpha value is -1.60. The van der Waals surface area contributed by atoms with Crippen LogP contribution in [0.3, 0.4) is 0 Å². The van der Waals surface area contributed by atoms with Crippen LogP contribution in [0.25, 0.3) is 5.57 Å². The first kappa shape index (κ1) is 18.2. The van der Waals surface area contributed by atoms with Crippen molar-refractivity contribution in [3.05, 3.63) is 47.2 Å². The zero-order chi connectivity index (χ0) is 18.5. The monoisotopic (exact) mass is 351 g/mol. The molecule has 0 bridgehead atoms. The van der Waals surface area contributed by atoms with Crippen LogP contribution in [0.2, 0.25) is 0 Å². The zero-order valence-electron chi connectivity index (χ0n) is 14.8. The predicted octanol–water partition coefficient (Wildman–Crippen LogP) is 4.84. The van der Waals surface area contributed by atoms with E-state index >= 15 is 0 Å². The number of nitrogens with zero attached hydrogens (tertiary/aromatic N) is 1. The Balaban J connectivity index is 2.03. The van der Waals surface area contributed by atoms with Crippen molar-refractivity contribution in [2.24, 2.45) is 0 Å². The number of aromatic nitrogens is 1. The van der Waals surface area contributed by atoms with E-state index in [4.69, 9.17) is 9.31 Å². The van der Waals surface area contributed by atoms with Gasteiger partial charge in [0.1, 0.15) is 5.69 Å². The maximum atomic E-state index is 13.0. The minimum Gasteiger partial charge on any atom is -0.399 e. The number of hydrogen-bond donors (Lipinski definition) is 0. The Kier molecular flexibility index (Phi) is 4.36. The van der Waals surface area contributed by atoms with E-state index < -0.39 is 30.2 Å². The molecule has 1 aromatic rings. The van der Waals surface area contributed by atoms with Gasteiger partial charge in [-0.15, -0.1) is 0 Å². The van der Waals surface area contributed by atoms with Gasteiger partial charge in [0.25, 0.3) is 0 Å². The average Bonchev–Trinajstić information content (AvgIpc) is 2.75. The molecular weight excluding hydrogens is 330 g/mol. The second-order valence-electron chi connectivity index (χ2n) is 7.37. The Labute approximate surface area is 146 Å². The lowest BCUT2D eigenvalue weighted by Crippen LogP contribution is -2.41. The summed E-state index contributed by atoms with van der Waals surface area (Å²) < 4.78 is 51.1. The van der Waals surface area contributed by atoms with Gasteiger partial charge in [0.05, 0.1) is 16.9 Å². The molecule has 7 heteroatoms.